The zero-order chi connectivity index (χ0) is 20.1. The Morgan fingerprint density at radius 2 is 1.85 bits per heavy atom. The van der Waals surface area contributed by atoms with Gasteiger partial charge in [-0.3, -0.25) is 0 Å². The van der Waals surface area contributed by atoms with Crippen molar-refractivity contribution >= 4 is 41.8 Å². The fourth-order valence-corrected chi connectivity index (χ4v) is 5.88. The summed E-state index contributed by atoms with van der Waals surface area (Å²) >= 11 is 3.06. The Morgan fingerprint density at radius 3 is 2.41 bits per heavy atom. The van der Waals surface area contributed by atoms with Crippen LogP contribution in [0.1, 0.15) is 6.42 Å². The Kier molecular flexibility index (Phi) is 7.33. The Hall–Kier alpha value is -1.99. The number of hydrogen-bond acceptors (Lipinski definition) is 7. The summed E-state index contributed by atoms with van der Waals surface area (Å²) in [5.41, 5.74) is -0.0741. The number of carbonyl (C=O) groups excluding carboxylic acids is 2. The molecule has 9 heteroatoms. The maximum atomic E-state index is 13.1. The summed E-state index contributed by atoms with van der Waals surface area (Å²) in [4.78, 5) is 22.8. The number of aliphatic hydroxyl groups is 1. The second kappa shape index (κ2) is 9.28. The third-order valence-electron chi connectivity index (χ3n) is 3.95. The SMILES string of the molecule is C=C(O[C@@H]1C=C(C(=O)OC)[C@@H](O)[C@H]([Se](=O)c2ccc(Cl)cc2)C1)C(=O)OC. The molecule has 0 bridgehead atoms. The first-order valence-corrected chi connectivity index (χ1v) is 10.8. The van der Waals surface area contributed by atoms with E-state index in [9.17, 15) is 18.5 Å². The average Bonchev–Trinajstić information content (AvgIpc) is 2.67. The first-order valence-electron chi connectivity index (χ1n) is 7.86. The Labute approximate surface area is 165 Å². The maximum absolute atomic E-state index is 13.1. The molecule has 0 fully saturated rings. The van der Waals surface area contributed by atoms with Crippen LogP contribution in [0.2, 0.25) is 9.84 Å². The molecular formula is C18H19ClO7Se. The molecule has 7 nitrogen and oxygen atoms in total. The van der Waals surface area contributed by atoms with Crippen LogP contribution in [0.3, 0.4) is 0 Å². The standard InChI is InChI=1S/C18H19ClO7Se/c1-10(17(21)24-2)26-12-8-14(18(22)25-3)16(20)15(9-12)27(23)13-6-4-11(19)5-7-13/h4-8,12,15-16,20H,1,9H2,2-3H3/t12-,15-,16-,27?/m1/s1. The molecule has 1 aromatic rings. The van der Waals surface area contributed by atoms with E-state index in [1.165, 1.54) is 20.3 Å². The van der Waals surface area contributed by atoms with E-state index in [4.69, 9.17) is 16.3 Å². The van der Waals surface area contributed by atoms with Gasteiger partial charge in [0.2, 0.25) is 0 Å². The van der Waals surface area contributed by atoms with E-state index >= 15 is 0 Å². The molecule has 1 unspecified atom stereocenters. The van der Waals surface area contributed by atoms with Gasteiger partial charge >= 0.3 is 166 Å². The van der Waals surface area contributed by atoms with Gasteiger partial charge in [0.05, 0.1) is 0 Å². The molecule has 0 amide bonds. The predicted octanol–water partition coefficient (Wildman–Crippen LogP) is 1.28. The van der Waals surface area contributed by atoms with Crippen molar-refractivity contribution in [3.8, 4) is 0 Å². The zero-order valence-corrected chi connectivity index (χ0v) is 17.2. The quantitative estimate of drug-likeness (QED) is 0.295. The van der Waals surface area contributed by atoms with Gasteiger partial charge in [0, 0.05) is 0 Å². The van der Waals surface area contributed by atoms with Gasteiger partial charge in [-0.1, -0.05) is 0 Å². The minimum atomic E-state index is -2.80. The molecule has 2 rings (SSSR count). The number of esters is 2. The van der Waals surface area contributed by atoms with Gasteiger partial charge in [0.25, 0.3) is 0 Å². The second-order valence-corrected chi connectivity index (χ2v) is 9.60. The third kappa shape index (κ3) is 5.05. The van der Waals surface area contributed by atoms with Gasteiger partial charge < -0.3 is 0 Å². The molecule has 1 aromatic carbocycles. The van der Waals surface area contributed by atoms with Gasteiger partial charge in [0.1, 0.15) is 0 Å². The summed E-state index contributed by atoms with van der Waals surface area (Å²) in [6.07, 6.45) is -0.621. The molecule has 1 aliphatic rings. The van der Waals surface area contributed by atoms with Crippen molar-refractivity contribution in [3.05, 3.63) is 53.3 Å². The molecule has 0 aliphatic heterocycles. The number of benzene rings is 1. The number of hydrogen-bond donors (Lipinski definition) is 1. The van der Waals surface area contributed by atoms with Gasteiger partial charge in [-0.15, -0.1) is 0 Å². The number of ether oxygens (including phenoxy) is 3. The summed E-state index contributed by atoms with van der Waals surface area (Å²) in [7, 11) is 2.35. The molecule has 0 saturated heterocycles. The number of halogens is 1. The topological polar surface area (TPSA) is 99.1 Å². The number of carbonyl (C=O) groups is 2. The van der Waals surface area contributed by atoms with Crippen molar-refractivity contribution in [2.24, 2.45) is 0 Å². The fourth-order valence-electron chi connectivity index (χ4n) is 2.61. The molecule has 27 heavy (non-hydrogen) atoms. The van der Waals surface area contributed by atoms with Crippen LogP contribution in [-0.2, 0) is 27.6 Å². The molecule has 146 valence electrons. The summed E-state index contributed by atoms with van der Waals surface area (Å²) in [5.74, 6) is -1.79. The van der Waals surface area contributed by atoms with Gasteiger partial charge in [-0.2, -0.15) is 0 Å². The Bertz CT molecular complexity index is 787. The number of methoxy groups -OCH3 is 2. The van der Waals surface area contributed by atoms with Crippen LogP contribution in [0, 0.1) is 0 Å². The third-order valence-corrected chi connectivity index (χ3v) is 7.85. The average molecular weight is 462 g/mol. The first kappa shape index (κ1) is 21.3. The van der Waals surface area contributed by atoms with E-state index in [0.717, 1.165) is 0 Å². The summed E-state index contributed by atoms with van der Waals surface area (Å²) < 4.78 is 28.3. The van der Waals surface area contributed by atoms with Gasteiger partial charge in [-0.05, 0) is 0 Å². The molecule has 0 saturated carbocycles. The van der Waals surface area contributed by atoms with Crippen LogP contribution in [-0.4, -0.2) is 57.3 Å². The number of aliphatic hydroxyl groups excluding tert-OH is 1. The van der Waals surface area contributed by atoms with E-state index in [1.807, 2.05) is 0 Å². The molecule has 0 radical (unpaired) electrons. The molecule has 1 N–H and O–H groups in total. The Balaban J connectivity index is 2.32. The summed E-state index contributed by atoms with van der Waals surface area (Å²) in [6.45, 7) is 3.48. The van der Waals surface area contributed by atoms with Crippen LogP contribution in [0.15, 0.2) is 48.3 Å². The summed E-state index contributed by atoms with van der Waals surface area (Å²) in [5, 5.41) is 11.1. The molecular weight excluding hydrogens is 443 g/mol. The van der Waals surface area contributed by atoms with E-state index in [-0.39, 0.29) is 17.8 Å². The van der Waals surface area contributed by atoms with Crippen LogP contribution in [0.4, 0.5) is 0 Å². The van der Waals surface area contributed by atoms with Crippen LogP contribution in [0.25, 0.3) is 0 Å². The van der Waals surface area contributed by atoms with Crippen molar-refractivity contribution in [3.63, 3.8) is 0 Å². The van der Waals surface area contributed by atoms with Crippen molar-refractivity contribution < 1.29 is 32.7 Å². The first-order chi connectivity index (χ1) is 12.8. The molecule has 1 aliphatic carbocycles. The molecule has 4 atom stereocenters. The van der Waals surface area contributed by atoms with E-state index < -0.39 is 42.8 Å². The van der Waals surface area contributed by atoms with E-state index in [0.29, 0.717) is 9.48 Å². The van der Waals surface area contributed by atoms with Gasteiger partial charge in [-0.25, -0.2) is 0 Å². The second-order valence-electron chi connectivity index (χ2n) is 5.65. The van der Waals surface area contributed by atoms with Crippen molar-refractivity contribution in [1.82, 2.24) is 0 Å². The summed E-state index contributed by atoms with van der Waals surface area (Å²) in [6, 6.07) is 6.44. The van der Waals surface area contributed by atoms with E-state index in [2.05, 4.69) is 16.1 Å². The monoisotopic (exact) mass is 462 g/mol. The minimum absolute atomic E-state index is 0.0741. The Morgan fingerprint density at radius 1 is 1.22 bits per heavy atom. The normalized spacial score (nSPS) is 23.0. The van der Waals surface area contributed by atoms with Crippen LogP contribution >= 0.6 is 11.6 Å². The molecule has 0 spiro atoms. The van der Waals surface area contributed by atoms with Crippen molar-refractivity contribution in [1.29, 1.82) is 0 Å². The van der Waals surface area contributed by atoms with Gasteiger partial charge in [0.15, 0.2) is 0 Å². The van der Waals surface area contributed by atoms with Crippen LogP contribution < -0.4 is 4.46 Å². The fraction of sp³-hybridized carbons (Fsp3) is 0.333. The predicted molar refractivity (Wildman–Crippen MR) is 98.0 cm³/mol. The van der Waals surface area contributed by atoms with E-state index in [1.54, 1.807) is 24.3 Å². The number of rotatable bonds is 6. The van der Waals surface area contributed by atoms with Crippen molar-refractivity contribution in [2.75, 3.05) is 14.2 Å². The molecule has 0 heterocycles. The van der Waals surface area contributed by atoms with Crippen LogP contribution in [0.5, 0.6) is 0 Å². The molecule has 0 aromatic heterocycles. The zero-order valence-electron chi connectivity index (χ0n) is 14.7. The van der Waals surface area contributed by atoms with Crippen molar-refractivity contribution in [2.45, 2.75) is 23.4 Å².